The molecule has 2 saturated carbocycles. The predicted octanol–water partition coefficient (Wildman–Crippen LogP) is 2.25. The van der Waals surface area contributed by atoms with E-state index in [4.69, 9.17) is 0 Å². The van der Waals surface area contributed by atoms with Gasteiger partial charge in [0.05, 0.1) is 5.69 Å². The molecule has 3 nitrogen and oxygen atoms in total. The molecule has 0 radical (unpaired) electrons. The van der Waals surface area contributed by atoms with E-state index in [9.17, 15) is 0 Å². The molecule has 15 heavy (non-hydrogen) atoms. The first-order valence-electron chi connectivity index (χ1n) is 6.03. The molecule has 2 aliphatic rings. The van der Waals surface area contributed by atoms with Crippen molar-refractivity contribution < 1.29 is 0 Å². The van der Waals surface area contributed by atoms with Crippen LogP contribution in [-0.4, -0.2) is 16.7 Å². The van der Waals surface area contributed by atoms with E-state index in [0.29, 0.717) is 11.5 Å². The minimum atomic E-state index is 0.406. The van der Waals surface area contributed by atoms with Crippen LogP contribution in [0, 0.1) is 11.3 Å². The van der Waals surface area contributed by atoms with Crippen molar-refractivity contribution in [2.45, 2.75) is 38.6 Å². The summed E-state index contributed by atoms with van der Waals surface area (Å²) in [5.41, 5.74) is 1.88. The van der Waals surface area contributed by atoms with Crippen LogP contribution in [0.3, 0.4) is 0 Å². The lowest BCUT2D eigenvalue weighted by Crippen LogP contribution is -2.28. The zero-order valence-corrected chi connectivity index (χ0v) is 9.29. The summed E-state index contributed by atoms with van der Waals surface area (Å²) in [6.45, 7) is 3.40. The molecule has 0 aromatic carbocycles. The van der Waals surface area contributed by atoms with Crippen molar-refractivity contribution >= 4 is 0 Å². The quantitative estimate of drug-likeness (QED) is 0.774. The molecule has 0 amide bonds. The fraction of sp³-hybridized carbons (Fsp3) is 0.750. The van der Waals surface area contributed by atoms with E-state index in [1.165, 1.54) is 37.9 Å². The van der Waals surface area contributed by atoms with E-state index in [-0.39, 0.29) is 0 Å². The lowest BCUT2D eigenvalue weighted by Gasteiger charge is -2.18. The molecule has 2 N–H and O–H groups in total. The Bertz CT molecular complexity index is 323. The van der Waals surface area contributed by atoms with Crippen LogP contribution >= 0.6 is 0 Å². The highest BCUT2D eigenvalue weighted by atomic mass is 15.1. The maximum absolute atomic E-state index is 3.99. The van der Waals surface area contributed by atoms with E-state index in [0.717, 1.165) is 5.92 Å². The summed E-state index contributed by atoms with van der Waals surface area (Å²) in [6.07, 6.45) is 7.66. The van der Waals surface area contributed by atoms with E-state index >= 15 is 0 Å². The van der Waals surface area contributed by atoms with Gasteiger partial charge >= 0.3 is 0 Å². The molecule has 1 heterocycles. The Kier molecular flexibility index (Phi) is 2.09. The topological polar surface area (TPSA) is 40.7 Å². The number of rotatable bonds is 5. The molecule has 0 aliphatic heterocycles. The molecule has 2 fully saturated rings. The lowest BCUT2D eigenvalue weighted by molar-refractivity contribution is 0.379. The minimum absolute atomic E-state index is 0.406. The van der Waals surface area contributed by atoms with Crippen LogP contribution in [0.5, 0.6) is 0 Å². The standard InChI is InChI=1S/C12H19N3/c1-9(11-4-7-14-15-11)13-8-12(5-6-12)10-2-3-10/h4,7,9-10,13H,2-3,5-6,8H2,1H3,(H,14,15). The van der Waals surface area contributed by atoms with Gasteiger partial charge in [-0.15, -0.1) is 0 Å². The average molecular weight is 205 g/mol. The summed E-state index contributed by atoms with van der Waals surface area (Å²) < 4.78 is 0. The van der Waals surface area contributed by atoms with Gasteiger partial charge in [-0.1, -0.05) is 0 Å². The molecule has 82 valence electrons. The molecule has 3 heteroatoms. The zero-order valence-electron chi connectivity index (χ0n) is 9.29. The number of aromatic amines is 1. The highest BCUT2D eigenvalue weighted by Crippen LogP contribution is 2.60. The third-order valence-electron chi connectivity index (χ3n) is 4.08. The lowest BCUT2D eigenvalue weighted by atomic mass is 10.0. The van der Waals surface area contributed by atoms with Crippen LogP contribution in [0.1, 0.15) is 44.3 Å². The first-order chi connectivity index (χ1) is 7.30. The normalized spacial score (nSPS) is 25.1. The molecule has 0 bridgehead atoms. The summed E-state index contributed by atoms with van der Waals surface area (Å²) >= 11 is 0. The first kappa shape index (κ1) is 9.40. The van der Waals surface area contributed by atoms with Crippen molar-refractivity contribution in [1.82, 2.24) is 15.5 Å². The maximum atomic E-state index is 3.99. The molecule has 3 rings (SSSR count). The fourth-order valence-corrected chi connectivity index (χ4v) is 2.56. The number of H-pyrrole nitrogens is 1. The van der Waals surface area contributed by atoms with Crippen LogP contribution in [-0.2, 0) is 0 Å². The Morgan fingerprint density at radius 2 is 2.40 bits per heavy atom. The second kappa shape index (κ2) is 3.34. The third-order valence-corrected chi connectivity index (χ3v) is 4.08. The smallest absolute Gasteiger partial charge is 0.0518 e. The van der Waals surface area contributed by atoms with Gasteiger partial charge in [0, 0.05) is 18.8 Å². The van der Waals surface area contributed by atoms with Crippen molar-refractivity contribution in [2.75, 3.05) is 6.54 Å². The van der Waals surface area contributed by atoms with E-state index < -0.39 is 0 Å². The number of nitrogens with one attached hydrogen (secondary N) is 2. The SMILES string of the molecule is CC(NCC1(C2CC2)CC1)c1ccn[nH]1. The zero-order chi connectivity index (χ0) is 10.3. The highest BCUT2D eigenvalue weighted by molar-refractivity contribution is 5.08. The molecule has 1 aromatic rings. The highest BCUT2D eigenvalue weighted by Gasteiger charge is 2.53. The summed E-state index contributed by atoms with van der Waals surface area (Å²) in [4.78, 5) is 0. The Morgan fingerprint density at radius 3 is 2.93 bits per heavy atom. The third kappa shape index (κ3) is 1.81. The summed E-state index contributed by atoms with van der Waals surface area (Å²) in [5, 5.41) is 10.6. The molecule has 1 atom stereocenters. The Labute approximate surface area is 90.7 Å². The van der Waals surface area contributed by atoms with E-state index in [2.05, 4.69) is 22.4 Å². The number of hydrogen-bond acceptors (Lipinski definition) is 2. The van der Waals surface area contributed by atoms with E-state index in [1.807, 2.05) is 12.3 Å². The summed E-state index contributed by atoms with van der Waals surface area (Å²) in [6, 6.07) is 2.46. The predicted molar refractivity (Wildman–Crippen MR) is 59.4 cm³/mol. The number of nitrogens with zero attached hydrogens (tertiary/aromatic N) is 1. The van der Waals surface area contributed by atoms with Gasteiger partial charge in [0.2, 0.25) is 0 Å². The Morgan fingerprint density at radius 1 is 1.60 bits per heavy atom. The fourth-order valence-electron chi connectivity index (χ4n) is 2.56. The van der Waals surface area contributed by atoms with Crippen molar-refractivity contribution in [2.24, 2.45) is 11.3 Å². The largest absolute Gasteiger partial charge is 0.308 e. The van der Waals surface area contributed by atoms with Crippen LogP contribution < -0.4 is 5.32 Å². The second-order valence-corrected chi connectivity index (χ2v) is 5.25. The van der Waals surface area contributed by atoms with Crippen molar-refractivity contribution in [3.63, 3.8) is 0 Å². The number of aromatic nitrogens is 2. The second-order valence-electron chi connectivity index (χ2n) is 5.25. The Balaban J connectivity index is 1.53. The molecule has 1 aromatic heterocycles. The van der Waals surface area contributed by atoms with Gasteiger partial charge in [-0.3, -0.25) is 5.10 Å². The van der Waals surface area contributed by atoms with Crippen LogP contribution in [0.4, 0.5) is 0 Å². The van der Waals surface area contributed by atoms with Gasteiger partial charge < -0.3 is 5.32 Å². The summed E-state index contributed by atoms with van der Waals surface area (Å²) in [7, 11) is 0. The first-order valence-corrected chi connectivity index (χ1v) is 6.03. The maximum Gasteiger partial charge on any atom is 0.0518 e. The van der Waals surface area contributed by atoms with Gasteiger partial charge in [0.25, 0.3) is 0 Å². The van der Waals surface area contributed by atoms with Gasteiger partial charge in [0.1, 0.15) is 0 Å². The Hall–Kier alpha value is -0.830. The van der Waals surface area contributed by atoms with Gasteiger partial charge in [0.15, 0.2) is 0 Å². The average Bonchev–Trinajstić information content (AvgIpc) is 3.14. The molecule has 1 unspecified atom stereocenters. The molecular weight excluding hydrogens is 186 g/mol. The van der Waals surface area contributed by atoms with Crippen LogP contribution in [0.25, 0.3) is 0 Å². The van der Waals surface area contributed by atoms with Crippen LogP contribution in [0.15, 0.2) is 12.3 Å². The number of hydrogen-bond donors (Lipinski definition) is 2. The molecule has 2 aliphatic carbocycles. The summed E-state index contributed by atoms with van der Waals surface area (Å²) in [5.74, 6) is 1.04. The van der Waals surface area contributed by atoms with Gasteiger partial charge in [-0.25, -0.2) is 0 Å². The van der Waals surface area contributed by atoms with Crippen molar-refractivity contribution in [1.29, 1.82) is 0 Å². The van der Waals surface area contributed by atoms with Crippen molar-refractivity contribution in [3.8, 4) is 0 Å². The van der Waals surface area contributed by atoms with Gasteiger partial charge in [-0.2, -0.15) is 5.10 Å². The van der Waals surface area contributed by atoms with E-state index in [1.54, 1.807) is 0 Å². The monoisotopic (exact) mass is 205 g/mol. The van der Waals surface area contributed by atoms with Crippen molar-refractivity contribution in [3.05, 3.63) is 18.0 Å². The minimum Gasteiger partial charge on any atom is -0.308 e. The van der Waals surface area contributed by atoms with Crippen LogP contribution in [0.2, 0.25) is 0 Å². The molecule has 0 saturated heterocycles. The van der Waals surface area contributed by atoms with Gasteiger partial charge in [-0.05, 0) is 50.0 Å². The molecule has 0 spiro atoms. The molecular formula is C12H19N3.